The first kappa shape index (κ1) is 24.6. The molecule has 0 atom stereocenters. The molecule has 4 aromatic rings. The Bertz CT molecular complexity index is 1360. The number of aromatic nitrogens is 2. The van der Waals surface area contributed by atoms with Gasteiger partial charge in [-0.1, -0.05) is 47.5 Å². The molecule has 0 radical (unpaired) electrons. The minimum atomic E-state index is -0.0335. The molecule has 1 saturated heterocycles. The van der Waals surface area contributed by atoms with Crippen LogP contribution >= 0.6 is 23.2 Å². The third-order valence-electron chi connectivity index (χ3n) is 6.74. The average Bonchev–Trinajstić information content (AvgIpc) is 3.23. The molecule has 0 spiro atoms. The van der Waals surface area contributed by atoms with Crippen molar-refractivity contribution in [3.8, 4) is 5.75 Å². The van der Waals surface area contributed by atoms with Crippen LogP contribution in [-0.4, -0.2) is 40.6 Å². The van der Waals surface area contributed by atoms with E-state index in [-0.39, 0.29) is 11.8 Å². The van der Waals surface area contributed by atoms with E-state index < -0.39 is 0 Å². The maximum atomic E-state index is 12.8. The molecule has 2 heterocycles. The van der Waals surface area contributed by atoms with Crippen molar-refractivity contribution >= 4 is 45.8 Å². The lowest BCUT2D eigenvalue weighted by Gasteiger charge is -2.31. The summed E-state index contributed by atoms with van der Waals surface area (Å²) in [4.78, 5) is 20.2. The normalized spacial score (nSPS) is 14.8. The van der Waals surface area contributed by atoms with Crippen molar-refractivity contribution in [2.24, 2.45) is 5.92 Å². The standard InChI is InChI=1S/C28H28Cl2N4O2/c1-36-22-9-6-19(7-10-22)17-34-26-5-3-2-4-25(26)32-27(34)18-33-14-12-20(13-15-33)28(35)31-21-8-11-23(29)24(30)16-21/h2-11,16,20H,12-15,17-18H2,1H3,(H,31,35). The molecule has 36 heavy (non-hydrogen) atoms. The molecule has 0 saturated carbocycles. The predicted octanol–water partition coefficient (Wildman–Crippen LogP) is 6.25. The number of hydrogen-bond donors (Lipinski definition) is 1. The molecule has 0 aliphatic carbocycles. The quantitative estimate of drug-likeness (QED) is 0.311. The van der Waals surface area contributed by atoms with Crippen molar-refractivity contribution in [3.05, 3.63) is 88.2 Å². The molecule has 186 valence electrons. The number of ether oxygens (including phenoxy) is 1. The number of piperidine rings is 1. The first-order valence-corrected chi connectivity index (χ1v) is 12.8. The number of halogens is 2. The zero-order valence-electron chi connectivity index (χ0n) is 20.1. The van der Waals surface area contributed by atoms with Gasteiger partial charge in [-0.15, -0.1) is 0 Å². The van der Waals surface area contributed by atoms with Gasteiger partial charge in [0.05, 0.1) is 34.7 Å². The maximum Gasteiger partial charge on any atom is 0.227 e. The van der Waals surface area contributed by atoms with Gasteiger partial charge in [-0.3, -0.25) is 9.69 Å². The van der Waals surface area contributed by atoms with E-state index in [9.17, 15) is 4.79 Å². The maximum absolute atomic E-state index is 12.8. The number of carbonyl (C=O) groups is 1. The summed E-state index contributed by atoms with van der Waals surface area (Å²) >= 11 is 12.1. The number of carbonyl (C=O) groups excluding carboxylic acids is 1. The highest BCUT2D eigenvalue weighted by molar-refractivity contribution is 6.42. The number of imidazole rings is 1. The fourth-order valence-corrected chi connectivity index (χ4v) is 5.01. The molecular formula is C28H28Cl2N4O2. The van der Waals surface area contributed by atoms with Crippen molar-refractivity contribution in [1.29, 1.82) is 0 Å². The highest BCUT2D eigenvalue weighted by Gasteiger charge is 2.26. The van der Waals surface area contributed by atoms with Crippen molar-refractivity contribution in [2.45, 2.75) is 25.9 Å². The monoisotopic (exact) mass is 522 g/mol. The Morgan fingerprint density at radius 1 is 1.00 bits per heavy atom. The lowest BCUT2D eigenvalue weighted by Crippen LogP contribution is -2.38. The molecule has 1 amide bonds. The zero-order valence-corrected chi connectivity index (χ0v) is 21.6. The van der Waals surface area contributed by atoms with Gasteiger partial charge in [-0.25, -0.2) is 4.98 Å². The van der Waals surface area contributed by atoms with Gasteiger partial charge in [-0.05, 0) is 74.0 Å². The molecular weight excluding hydrogens is 495 g/mol. The number of benzene rings is 3. The number of fused-ring (bicyclic) bond motifs is 1. The Morgan fingerprint density at radius 3 is 2.47 bits per heavy atom. The number of methoxy groups -OCH3 is 1. The molecule has 0 unspecified atom stereocenters. The predicted molar refractivity (Wildman–Crippen MR) is 145 cm³/mol. The van der Waals surface area contributed by atoms with Crippen LogP contribution < -0.4 is 10.1 Å². The van der Waals surface area contributed by atoms with E-state index >= 15 is 0 Å². The highest BCUT2D eigenvalue weighted by atomic mass is 35.5. The molecule has 8 heteroatoms. The first-order chi connectivity index (χ1) is 17.5. The van der Waals surface area contributed by atoms with E-state index in [4.69, 9.17) is 32.9 Å². The van der Waals surface area contributed by atoms with E-state index in [0.29, 0.717) is 15.7 Å². The van der Waals surface area contributed by atoms with Gasteiger partial charge < -0.3 is 14.6 Å². The molecule has 5 rings (SSSR count). The summed E-state index contributed by atoms with van der Waals surface area (Å²) in [5.74, 6) is 1.87. The molecule has 3 aromatic carbocycles. The number of para-hydroxylation sites is 2. The topological polar surface area (TPSA) is 59.4 Å². The molecule has 1 fully saturated rings. The fraction of sp³-hybridized carbons (Fsp3) is 0.286. The van der Waals surface area contributed by atoms with Crippen LogP contribution in [0.4, 0.5) is 5.69 Å². The van der Waals surface area contributed by atoms with Crippen molar-refractivity contribution in [3.63, 3.8) is 0 Å². The summed E-state index contributed by atoms with van der Waals surface area (Å²) in [5, 5.41) is 3.89. The summed E-state index contributed by atoms with van der Waals surface area (Å²) in [6, 6.07) is 21.6. The molecule has 6 nitrogen and oxygen atoms in total. The van der Waals surface area contributed by atoms with Gasteiger partial charge in [0.1, 0.15) is 11.6 Å². The van der Waals surface area contributed by atoms with Gasteiger partial charge in [0.2, 0.25) is 5.91 Å². The van der Waals surface area contributed by atoms with Gasteiger partial charge >= 0.3 is 0 Å². The van der Waals surface area contributed by atoms with Crippen LogP contribution in [0.1, 0.15) is 24.2 Å². The van der Waals surface area contributed by atoms with Gasteiger partial charge in [0.25, 0.3) is 0 Å². The lowest BCUT2D eigenvalue weighted by atomic mass is 9.96. The van der Waals surface area contributed by atoms with E-state index in [2.05, 4.69) is 45.1 Å². The number of hydrogen-bond acceptors (Lipinski definition) is 4. The number of amides is 1. The number of nitrogens with zero attached hydrogens (tertiary/aromatic N) is 3. The zero-order chi connectivity index (χ0) is 25.1. The van der Waals surface area contributed by atoms with Crippen LogP contribution in [0.2, 0.25) is 10.0 Å². The Kier molecular flexibility index (Phi) is 7.46. The third kappa shape index (κ3) is 5.51. The molecule has 1 aliphatic rings. The minimum Gasteiger partial charge on any atom is -0.497 e. The van der Waals surface area contributed by atoms with Crippen molar-refractivity contribution < 1.29 is 9.53 Å². The third-order valence-corrected chi connectivity index (χ3v) is 7.48. The summed E-state index contributed by atoms with van der Waals surface area (Å²) < 4.78 is 7.59. The van der Waals surface area contributed by atoms with Crippen LogP contribution in [0.3, 0.4) is 0 Å². The minimum absolute atomic E-state index is 0.0276. The summed E-state index contributed by atoms with van der Waals surface area (Å²) in [6.45, 7) is 3.16. The summed E-state index contributed by atoms with van der Waals surface area (Å²) in [5.41, 5.74) is 3.98. The van der Waals surface area contributed by atoms with Crippen LogP contribution in [0, 0.1) is 5.92 Å². The Hall–Kier alpha value is -3.06. The van der Waals surface area contributed by atoms with Gasteiger partial charge in [0, 0.05) is 18.2 Å². The van der Waals surface area contributed by atoms with Crippen LogP contribution in [-0.2, 0) is 17.9 Å². The second-order valence-corrected chi connectivity index (χ2v) is 9.93. The second kappa shape index (κ2) is 10.9. The van der Waals surface area contributed by atoms with E-state index in [0.717, 1.165) is 61.6 Å². The van der Waals surface area contributed by atoms with Gasteiger partial charge in [-0.2, -0.15) is 0 Å². The molecule has 0 bridgehead atoms. The number of nitrogens with one attached hydrogen (secondary N) is 1. The Balaban J connectivity index is 1.25. The molecule has 1 N–H and O–H groups in total. The Morgan fingerprint density at radius 2 is 1.75 bits per heavy atom. The van der Waals surface area contributed by atoms with Crippen molar-refractivity contribution in [1.82, 2.24) is 14.5 Å². The van der Waals surface area contributed by atoms with Crippen LogP contribution in [0.15, 0.2) is 66.7 Å². The van der Waals surface area contributed by atoms with Crippen LogP contribution in [0.5, 0.6) is 5.75 Å². The van der Waals surface area contributed by atoms with E-state index in [1.54, 1.807) is 25.3 Å². The summed E-state index contributed by atoms with van der Waals surface area (Å²) in [6.07, 6.45) is 1.59. The SMILES string of the molecule is COc1ccc(Cn2c(CN3CCC(C(=O)Nc4ccc(Cl)c(Cl)c4)CC3)nc3ccccc32)cc1. The smallest absolute Gasteiger partial charge is 0.227 e. The largest absolute Gasteiger partial charge is 0.497 e. The van der Waals surface area contributed by atoms with Crippen LogP contribution in [0.25, 0.3) is 11.0 Å². The highest BCUT2D eigenvalue weighted by Crippen LogP contribution is 2.27. The van der Waals surface area contributed by atoms with Gasteiger partial charge in [0.15, 0.2) is 0 Å². The number of rotatable bonds is 7. The number of likely N-dealkylation sites (tertiary alicyclic amines) is 1. The fourth-order valence-electron chi connectivity index (χ4n) is 4.71. The average molecular weight is 523 g/mol. The lowest BCUT2D eigenvalue weighted by molar-refractivity contribution is -0.121. The van der Waals surface area contributed by atoms with E-state index in [1.807, 2.05) is 18.2 Å². The summed E-state index contributed by atoms with van der Waals surface area (Å²) in [7, 11) is 1.68. The van der Waals surface area contributed by atoms with E-state index in [1.165, 1.54) is 5.56 Å². The number of anilines is 1. The molecule has 1 aromatic heterocycles. The second-order valence-electron chi connectivity index (χ2n) is 9.12. The Labute approximate surface area is 220 Å². The van der Waals surface area contributed by atoms with Crippen molar-refractivity contribution in [2.75, 3.05) is 25.5 Å². The first-order valence-electron chi connectivity index (χ1n) is 12.1. The molecule has 1 aliphatic heterocycles.